The number of unbranched alkanes of at least 4 members (excludes halogenated alkanes) is 1. The summed E-state index contributed by atoms with van der Waals surface area (Å²) in [5.74, 6) is 1.07. The average Bonchev–Trinajstić information content (AvgIpc) is 3.13. The summed E-state index contributed by atoms with van der Waals surface area (Å²) in [4.78, 5) is 17.6. The van der Waals surface area contributed by atoms with Gasteiger partial charge in [0.2, 0.25) is 0 Å². The predicted octanol–water partition coefficient (Wildman–Crippen LogP) is 4.95. The van der Waals surface area contributed by atoms with Crippen molar-refractivity contribution in [2.75, 3.05) is 12.4 Å². The molecule has 0 aliphatic heterocycles. The van der Waals surface area contributed by atoms with Crippen LogP contribution in [0.2, 0.25) is 0 Å². The van der Waals surface area contributed by atoms with E-state index < -0.39 is 0 Å². The molecule has 0 bridgehead atoms. The summed E-state index contributed by atoms with van der Waals surface area (Å²) in [7, 11) is 1.95. The van der Waals surface area contributed by atoms with E-state index in [1.54, 1.807) is 0 Å². The van der Waals surface area contributed by atoms with Gasteiger partial charge in [0.15, 0.2) is 0 Å². The highest BCUT2D eigenvalue weighted by Crippen LogP contribution is 2.32. The number of anilines is 1. The van der Waals surface area contributed by atoms with Gasteiger partial charge in [0, 0.05) is 37.1 Å². The van der Waals surface area contributed by atoms with Crippen LogP contribution in [0.5, 0.6) is 0 Å². The number of fused-ring (bicyclic) bond motifs is 3. The molecule has 0 amide bonds. The maximum absolute atomic E-state index is 4.85. The van der Waals surface area contributed by atoms with Crippen LogP contribution in [0, 0.1) is 13.8 Å². The van der Waals surface area contributed by atoms with Crippen LogP contribution < -0.4 is 5.32 Å². The Hall–Kier alpha value is -2.95. The molecule has 0 fully saturated rings. The van der Waals surface area contributed by atoms with E-state index >= 15 is 0 Å². The van der Waals surface area contributed by atoms with Gasteiger partial charge in [0.05, 0.1) is 22.8 Å². The molecule has 0 saturated carbocycles. The number of aromatic amines is 1. The molecular weight excluding hydrogens is 346 g/mol. The summed E-state index contributed by atoms with van der Waals surface area (Å²) in [6.07, 6.45) is 8.76. The Bertz CT molecular complexity index is 1020. The maximum atomic E-state index is 4.85. The molecule has 0 unspecified atom stereocenters. The standard InChI is InChI=1S/C23H27N5/c1-15-9-10-16(2)22(21(15)24-3)26-13-5-4-8-20-27-19-12-11-18-17(23(19)28-20)7-6-14-25-18/h6-7,9-10,13-14,24H,4-5,8,11-12H2,1-3H3,(H,27,28). The number of nitrogens with one attached hydrogen (secondary N) is 2. The Morgan fingerprint density at radius 1 is 1.18 bits per heavy atom. The summed E-state index contributed by atoms with van der Waals surface area (Å²) < 4.78 is 0. The van der Waals surface area contributed by atoms with Gasteiger partial charge in [-0.3, -0.25) is 9.98 Å². The molecule has 1 aliphatic rings. The lowest BCUT2D eigenvalue weighted by molar-refractivity contribution is 0.812. The first-order chi connectivity index (χ1) is 13.7. The quantitative estimate of drug-likeness (QED) is 0.474. The van der Waals surface area contributed by atoms with Crippen LogP contribution >= 0.6 is 0 Å². The molecule has 0 spiro atoms. The van der Waals surface area contributed by atoms with Gasteiger partial charge in [-0.25, -0.2) is 4.98 Å². The minimum Gasteiger partial charge on any atom is -0.386 e. The van der Waals surface area contributed by atoms with Gasteiger partial charge in [-0.05, 0) is 62.8 Å². The molecule has 0 atom stereocenters. The lowest BCUT2D eigenvalue weighted by atomic mass is 9.97. The van der Waals surface area contributed by atoms with Gasteiger partial charge in [-0.2, -0.15) is 0 Å². The van der Waals surface area contributed by atoms with Crippen LogP contribution in [-0.2, 0) is 19.3 Å². The number of hydrogen-bond donors (Lipinski definition) is 2. The molecule has 1 aliphatic carbocycles. The van der Waals surface area contributed by atoms with Crippen LogP contribution in [0.1, 0.15) is 41.2 Å². The smallest absolute Gasteiger partial charge is 0.107 e. The van der Waals surface area contributed by atoms with Crippen molar-refractivity contribution in [1.29, 1.82) is 0 Å². The van der Waals surface area contributed by atoms with Crippen molar-refractivity contribution in [2.24, 2.45) is 4.99 Å². The highest BCUT2D eigenvalue weighted by atomic mass is 14.9. The van der Waals surface area contributed by atoms with Gasteiger partial charge < -0.3 is 10.3 Å². The van der Waals surface area contributed by atoms with E-state index in [1.807, 2.05) is 25.5 Å². The van der Waals surface area contributed by atoms with Gasteiger partial charge in [-0.1, -0.05) is 12.1 Å². The third-order valence-corrected chi connectivity index (χ3v) is 5.39. The highest BCUT2D eigenvalue weighted by molar-refractivity contribution is 5.77. The van der Waals surface area contributed by atoms with E-state index in [-0.39, 0.29) is 0 Å². The van der Waals surface area contributed by atoms with Gasteiger partial charge in [0.1, 0.15) is 5.82 Å². The zero-order valence-corrected chi connectivity index (χ0v) is 16.8. The topological polar surface area (TPSA) is 66.0 Å². The molecule has 1 aromatic carbocycles. The number of rotatable bonds is 6. The summed E-state index contributed by atoms with van der Waals surface area (Å²) in [5.41, 5.74) is 9.25. The molecule has 28 heavy (non-hydrogen) atoms. The minimum atomic E-state index is 0.931. The van der Waals surface area contributed by atoms with E-state index in [0.717, 1.165) is 60.7 Å². The van der Waals surface area contributed by atoms with Crippen molar-refractivity contribution in [3.05, 3.63) is 58.8 Å². The van der Waals surface area contributed by atoms with Crippen molar-refractivity contribution in [3.63, 3.8) is 0 Å². The Labute approximate surface area is 166 Å². The fourth-order valence-electron chi connectivity index (χ4n) is 3.88. The third kappa shape index (κ3) is 3.57. The fraction of sp³-hybridized carbons (Fsp3) is 0.348. The number of pyridine rings is 1. The minimum absolute atomic E-state index is 0.931. The first-order valence-corrected chi connectivity index (χ1v) is 10.00. The molecule has 5 nitrogen and oxygen atoms in total. The number of nitrogens with zero attached hydrogens (tertiary/aromatic N) is 3. The van der Waals surface area contributed by atoms with Crippen LogP contribution in [0.3, 0.4) is 0 Å². The van der Waals surface area contributed by atoms with Crippen molar-refractivity contribution in [2.45, 2.75) is 46.0 Å². The third-order valence-electron chi connectivity index (χ3n) is 5.39. The van der Waals surface area contributed by atoms with E-state index in [4.69, 9.17) is 9.98 Å². The second kappa shape index (κ2) is 7.97. The maximum Gasteiger partial charge on any atom is 0.107 e. The molecule has 2 N–H and O–H groups in total. The lowest BCUT2D eigenvalue weighted by Gasteiger charge is -2.12. The molecular formula is C23H27N5. The van der Waals surface area contributed by atoms with E-state index in [9.17, 15) is 0 Å². The van der Waals surface area contributed by atoms with Crippen molar-refractivity contribution in [3.8, 4) is 11.3 Å². The van der Waals surface area contributed by atoms with Crippen molar-refractivity contribution < 1.29 is 0 Å². The number of aromatic nitrogens is 3. The summed E-state index contributed by atoms with van der Waals surface area (Å²) in [6, 6.07) is 8.38. The second-order valence-electron chi connectivity index (χ2n) is 7.39. The van der Waals surface area contributed by atoms with Gasteiger partial charge in [-0.15, -0.1) is 0 Å². The Kier molecular flexibility index (Phi) is 5.24. The number of H-pyrrole nitrogens is 1. The van der Waals surface area contributed by atoms with Crippen LogP contribution in [-0.4, -0.2) is 28.2 Å². The fourth-order valence-corrected chi connectivity index (χ4v) is 3.88. The van der Waals surface area contributed by atoms with Crippen LogP contribution in [0.15, 0.2) is 35.5 Å². The number of aliphatic imine (C=N–C) groups is 1. The first kappa shape index (κ1) is 18.4. The lowest BCUT2D eigenvalue weighted by Crippen LogP contribution is -2.05. The Morgan fingerprint density at radius 2 is 2.04 bits per heavy atom. The van der Waals surface area contributed by atoms with E-state index in [1.165, 1.54) is 22.4 Å². The number of imidazole rings is 1. The SMILES string of the molecule is CNc1c(C)ccc(C)c1N=CCCCc1nc2c([nH]1)CCc1ncccc1-2. The molecule has 4 rings (SSSR count). The molecule has 0 radical (unpaired) electrons. The second-order valence-corrected chi connectivity index (χ2v) is 7.39. The normalized spacial score (nSPS) is 12.8. The average molecular weight is 374 g/mol. The van der Waals surface area contributed by atoms with E-state index in [2.05, 4.69) is 47.3 Å². The Morgan fingerprint density at radius 3 is 2.89 bits per heavy atom. The number of aryl methyl sites for hydroxylation is 5. The highest BCUT2D eigenvalue weighted by Gasteiger charge is 2.20. The van der Waals surface area contributed by atoms with Crippen LogP contribution in [0.4, 0.5) is 11.4 Å². The molecule has 144 valence electrons. The van der Waals surface area contributed by atoms with Crippen LogP contribution in [0.25, 0.3) is 11.3 Å². The zero-order chi connectivity index (χ0) is 19.5. The summed E-state index contributed by atoms with van der Waals surface area (Å²) >= 11 is 0. The van der Waals surface area contributed by atoms with Crippen molar-refractivity contribution in [1.82, 2.24) is 15.0 Å². The van der Waals surface area contributed by atoms with Gasteiger partial charge in [0.25, 0.3) is 0 Å². The monoisotopic (exact) mass is 373 g/mol. The van der Waals surface area contributed by atoms with Gasteiger partial charge >= 0.3 is 0 Å². The largest absolute Gasteiger partial charge is 0.386 e. The molecule has 2 aromatic heterocycles. The molecule has 2 heterocycles. The first-order valence-electron chi connectivity index (χ1n) is 10.00. The summed E-state index contributed by atoms with van der Waals surface area (Å²) in [5, 5.41) is 3.27. The van der Waals surface area contributed by atoms with E-state index in [0.29, 0.717) is 0 Å². The predicted molar refractivity (Wildman–Crippen MR) is 116 cm³/mol. The zero-order valence-electron chi connectivity index (χ0n) is 16.8. The van der Waals surface area contributed by atoms with Crippen molar-refractivity contribution >= 4 is 17.6 Å². The molecule has 0 saturated heterocycles. The number of hydrogen-bond acceptors (Lipinski definition) is 4. The molecule has 3 aromatic rings. The molecule has 5 heteroatoms. The summed E-state index contributed by atoms with van der Waals surface area (Å²) in [6.45, 7) is 4.21. The number of benzene rings is 1. The Balaban J connectivity index is 1.39.